The van der Waals surface area contributed by atoms with Crippen molar-refractivity contribution >= 4 is 12.2 Å². The summed E-state index contributed by atoms with van der Waals surface area (Å²) in [5, 5.41) is 1.54. The fraction of sp³-hybridized carbons (Fsp3) is 0.571. The average molecular weight is 331 g/mol. The molecule has 0 saturated heterocycles. The van der Waals surface area contributed by atoms with Crippen molar-refractivity contribution in [3.63, 3.8) is 0 Å². The number of dihydropyridines is 1. The van der Waals surface area contributed by atoms with E-state index in [0.717, 1.165) is 0 Å². The number of allylic oxidation sites excluding steroid dienone is 1. The summed E-state index contributed by atoms with van der Waals surface area (Å²) in [6.07, 6.45) is 2.53. The maximum absolute atomic E-state index is 12.7. The lowest BCUT2D eigenvalue weighted by Crippen LogP contribution is -2.39. The minimum atomic E-state index is -2.95. The number of nitrogens with one attached hydrogen (secondary N) is 1. The van der Waals surface area contributed by atoms with Crippen LogP contribution in [0, 0.1) is 0 Å². The van der Waals surface area contributed by atoms with E-state index in [2.05, 4.69) is 19.9 Å². The molecule has 0 bridgehead atoms. The maximum Gasteiger partial charge on any atom is 0.387 e. The molecule has 2 unspecified atom stereocenters. The SMILES string of the molecule is CCOC1CC(OC(F)F)=C(C2=CC(C(=O)OC)NN2C)C=N1. The Hall–Kier alpha value is -2.00. The normalized spacial score (nSPS) is 24.3. The second-order valence-electron chi connectivity index (χ2n) is 4.85. The standard InChI is InChI=1S/C14H19F2N3O4/c1-4-22-12-6-11(23-14(15)16)8(7-17-12)10-5-9(13(20)21-3)18-19(10)2/h5,7,9,12,14,18H,4,6H2,1-3H3. The van der Waals surface area contributed by atoms with Crippen molar-refractivity contribution in [2.24, 2.45) is 4.99 Å². The maximum atomic E-state index is 12.7. The van der Waals surface area contributed by atoms with E-state index in [0.29, 0.717) is 17.9 Å². The number of likely N-dealkylation sites (N-methyl/N-ethyl adjacent to an activating group) is 1. The fourth-order valence-electron chi connectivity index (χ4n) is 2.38. The second-order valence-corrected chi connectivity index (χ2v) is 4.85. The summed E-state index contributed by atoms with van der Waals surface area (Å²) in [6.45, 7) is -0.750. The predicted molar refractivity (Wildman–Crippen MR) is 77.4 cm³/mol. The van der Waals surface area contributed by atoms with Crippen molar-refractivity contribution in [3.8, 4) is 0 Å². The highest BCUT2D eigenvalue weighted by molar-refractivity contribution is 5.88. The molecule has 0 saturated carbocycles. The molecule has 2 aliphatic heterocycles. The van der Waals surface area contributed by atoms with Crippen LogP contribution in [0.15, 0.2) is 28.1 Å². The first-order valence-electron chi connectivity index (χ1n) is 7.08. The van der Waals surface area contributed by atoms with Gasteiger partial charge in [0.05, 0.1) is 24.8 Å². The van der Waals surface area contributed by atoms with Gasteiger partial charge in [-0.15, -0.1) is 0 Å². The number of hydrogen-bond donors (Lipinski definition) is 1. The van der Waals surface area contributed by atoms with Crippen LogP contribution in [-0.4, -0.2) is 56.8 Å². The molecule has 2 rings (SSSR count). The number of halogens is 2. The number of aliphatic imine (C=N–C) groups is 1. The molecule has 23 heavy (non-hydrogen) atoms. The Labute approximate surface area is 132 Å². The molecule has 0 aromatic heterocycles. The van der Waals surface area contributed by atoms with Crippen molar-refractivity contribution in [1.82, 2.24) is 10.4 Å². The zero-order chi connectivity index (χ0) is 17.0. The van der Waals surface area contributed by atoms with Crippen molar-refractivity contribution in [3.05, 3.63) is 23.1 Å². The highest BCUT2D eigenvalue weighted by Crippen LogP contribution is 2.29. The minimum absolute atomic E-state index is 0.0684. The zero-order valence-electron chi connectivity index (χ0n) is 13.1. The van der Waals surface area contributed by atoms with Crippen LogP contribution in [0.5, 0.6) is 0 Å². The number of ether oxygens (including phenoxy) is 3. The zero-order valence-corrected chi connectivity index (χ0v) is 13.1. The van der Waals surface area contributed by atoms with Gasteiger partial charge in [-0.05, 0) is 13.0 Å². The third-order valence-electron chi connectivity index (χ3n) is 3.37. The van der Waals surface area contributed by atoms with E-state index in [1.807, 2.05) is 0 Å². The first-order chi connectivity index (χ1) is 11.0. The van der Waals surface area contributed by atoms with Crippen LogP contribution in [0.4, 0.5) is 8.78 Å². The van der Waals surface area contributed by atoms with Gasteiger partial charge in [-0.2, -0.15) is 8.78 Å². The molecule has 128 valence electrons. The number of carbonyl (C=O) groups is 1. The van der Waals surface area contributed by atoms with Gasteiger partial charge in [0, 0.05) is 19.9 Å². The Morgan fingerprint density at radius 3 is 2.91 bits per heavy atom. The van der Waals surface area contributed by atoms with E-state index in [1.54, 1.807) is 25.1 Å². The molecule has 2 atom stereocenters. The summed E-state index contributed by atoms with van der Waals surface area (Å²) < 4.78 is 40.0. The third kappa shape index (κ3) is 4.05. The number of methoxy groups -OCH3 is 1. The van der Waals surface area contributed by atoms with Crippen LogP contribution in [0.1, 0.15) is 13.3 Å². The molecule has 0 fully saturated rings. The van der Waals surface area contributed by atoms with Crippen LogP contribution in [0.25, 0.3) is 0 Å². The molecular formula is C14H19F2N3O4. The van der Waals surface area contributed by atoms with Gasteiger partial charge >= 0.3 is 12.6 Å². The summed E-state index contributed by atoms with van der Waals surface area (Å²) in [5.41, 5.74) is 3.74. The summed E-state index contributed by atoms with van der Waals surface area (Å²) in [4.78, 5) is 15.8. The molecule has 0 amide bonds. The molecule has 0 spiro atoms. The molecular weight excluding hydrogens is 312 g/mol. The van der Waals surface area contributed by atoms with Crippen molar-refractivity contribution in [2.75, 3.05) is 20.8 Å². The summed E-state index contributed by atoms with van der Waals surface area (Å²) in [7, 11) is 2.93. The van der Waals surface area contributed by atoms with Gasteiger partial charge in [-0.1, -0.05) is 0 Å². The topological polar surface area (TPSA) is 72.4 Å². The van der Waals surface area contributed by atoms with E-state index in [9.17, 15) is 13.6 Å². The van der Waals surface area contributed by atoms with Gasteiger partial charge in [0.1, 0.15) is 11.8 Å². The molecule has 0 aliphatic carbocycles. The summed E-state index contributed by atoms with van der Waals surface area (Å²) in [5.74, 6) is -0.414. The molecule has 2 aliphatic rings. The van der Waals surface area contributed by atoms with Gasteiger partial charge in [0.15, 0.2) is 6.23 Å². The minimum Gasteiger partial charge on any atom is -0.468 e. The molecule has 1 N–H and O–H groups in total. The molecule has 9 heteroatoms. The molecule has 7 nitrogen and oxygen atoms in total. The van der Waals surface area contributed by atoms with Gasteiger partial charge in [-0.25, -0.2) is 10.2 Å². The lowest BCUT2D eigenvalue weighted by Gasteiger charge is -2.25. The van der Waals surface area contributed by atoms with Crippen LogP contribution < -0.4 is 5.43 Å². The second kappa shape index (κ2) is 7.51. The predicted octanol–water partition coefficient (Wildman–Crippen LogP) is 1.19. The molecule has 2 heterocycles. The Morgan fingerprint density at radius 1 is 1.57 bits per heavy atom. The van der Waals surface area contributed by atoms with Crippen molar-refractivity contribution in [1.29, 1.82) is 0 Å². The lowest BCUT2D eigenvalue weighted by atomic mass is 10.1. The van der Waals surface area contributed by atoms with Gasteiger partial charge in [0.2, 0.25) is 0 Å². The van der Waals surface area contributed by atoms with Gasteiger partial charge in [0.25, 0.3) is 0 Å². The highest BCUT2D eigenvalue weighted by atomic mass is 19.3. The number of hydrogen-bond acceptors (Lipinski definition) is 7. The quantitative estimate of drug-likeness (QED) is 0.737. The Morgan fingerprint density at radius 2 is 2.30 bits per heavy atom. The van der Waals surface area contributed by atoms with Crippen molar-refractivity contribution < 1.29 is 27.8 Å². The number of alkyl halides is 2. The van der Waals surface area contributed by atoms with Crippen LogP contribution in [-0.2, 0) is 19.0 Å². The summed E-state index contributed by atoms with van der Waals surface area (Å²) >= 11 is 0. The van der Waals surface area contributed by atoms with Crippen LogP contribution in [0.2, 0.25) is 0 Å². The van der Waals surface area contributed by atoms with E-state index in [1.165, 1.54) is 13.3 Å². The van der Waals surface area contributed by atoms with E-state index >= 15 is 0 Å². The van der Waals surface area contributed by atoms with E-state index < -0.39 is 24.9 Å². The van der Waals surface area contributed by atoms with Crippen molar-refractivity contribution in [2.45, 2.75) is 32.2 Å². The molecule has 0 aromatic carbocycles. The monoisotopic (exact) mass is 331 g/mol. The van der Waals surface area contributed by atoms with E-state index in [-0.39, 0.29) is 12.2 Å². The van der Waals surface area contributed by atoms with E-state index in [4.69, 9.17) is 4.74 Å². The van der Waals surface area contributed by atoms with Gasteiger partial charge in [-0.3, -0.25) is 4.99 Å². The smallest absolute Gasteiger partial charge is 0.387 e. The lowest BCUT2D eigenvalue weighted by molar-refractivity contribution is -0.142. The average Bonchev–Trinajstić information content (AvgIpc) is 2.88. The number of hydrazine groups is 1. The molecule has 0 radical (unpaired) electrons. The van der Waals surface area contributed by atoms with Crippen LogP contribution >= 0.6 is 0 Å². The third-order valence-corrected chi connectivity index (χ3v) is 3.37. The summed E-state index contributed by atoms with van der Waals surface area (Å²) in [6, 6.07) is -0.696. The highest BCUT2D eigenvalue weighted by Gasteiger charge is 2.32. The number of rotatable bonds is 6. The molecule has 0 aromatic rings. The van der Waals surface area contributed by atoms with Crippen LogP contribution in [0.3, 0.4) is 0 Å². The Balaban J connectivity index is 2.29. The Kier molecular flexibility index (Phi) is 5.67. The number of esters is 1. The number of nitrogens with zero attached hydrogens (tertiary/aromatic N) is 2. The first kappa shape index (κ1) is 17.4. The number of carbonyl (C=O) groups excluding carboxylic acids is 1. The Bertz CT molecular complexity index is 548. The fourth-order valence-corrected chi connectivity index (χ4v) is 2.38. The van der Waals surface area contributed by atoms with Gasteiger partial charge < -0.3 is 19.2 Å². The first-order valence-corrected chi connectivity index (χ1v) is 7.08. The largest absolute Gasteiger partial charge is 0.468 e.